The highest BCUT2D eigenvalue weighted by molar-refractivity contribution is 5.89. The minimum Gasteiger partial charge on any atom is -0.457 e. The number of hydrogen-bond acceptors (Lipinski definition) is 2. The molecule has 1 aliphatic heterocycles. The number of hydrogen-bond donors (Lipinski definition) is 2. The summed E-state index contributed by atoms with van der Waals surface area (Å²) in [7, 11) is 4.27. The third-order valence-corrected chi connectivity index (χ3v) is 4.99. The van der Waals surface area contributed by atoms with Gasteiger partial charge in [-0.05, 0) is 17.7 Å². The lowest BCUT2D eigenvalue weighted by Crippen LogP contribution is -3.04. The third kappa shape index (κ3) is 3.78. The third-order valence-electron chi connectivity index (χ3n) is 4.99. The predicted molar refractivity (Wildman–Crippen MR) is 110 cm³/mol. The van der Waals surface area contributed by atoms with Crippen molar-refractivity contribution in [1.29, 1.82) is 0 Å². The van der Waals surface area contributed by atoms with Crippen molar-refractivity contribution in [2.45, 2.75) is 19.0 Å². The SMILES string of the molecule is C[NH+](C)Cc1ccc(CNC(=O)C2c3ccccc3Oc3ccccc32)cc1. The first kappa shape index (κ1) is 18.3. The minimum absolute atomic E-state index is 0.00925. The van der Waals surface area contributed by atoms with Gasteiger partial charge in [0.15, 0.2) is 0 Å². The highest BCUT2D eigenvalue weighted by atomic mass is 16.5. The average Bonchev–Trinajstić information content (AvgIpc) is 2.71. The number of quaternary nitrogens is 1. The second-order valence-electron chi connectivity index (χ2n) is 7.53. The van der Waals surface area contributed by atoms with Gasteiger partial charge in [0.1, 0.15) is 18.0 Å². The highest BCUT2D eigenvalue weighted by Gasteiger charge is 2.32. The summed E-state index contributed by atoms with van der Waals surface area (Å²) in [4.78, 5) is 14.5. The Kier molecular flexibility index (Phi) is 5.13. The number of carbonyl (C=O) groups excluding carboxylic acids is 1. The minimum atomic E-state index is -0.363. The number of nitrogens with one attached hydrogen (secondary N) is 2. The number of amides is 1. The van der Waals surface area contributed by atoms with E-state index in [9.17, 15) is 4.79 Å². The molecule has 0 radical (unpaired) electrons. The molecule has 3 aromatic carbocycles. The fraction of sp³-hybridized carbons (Fsp3) is 0.208. The van der Waals surface area contributed by atoms with Crippen LogP contribution >= 0.6 is 0 Å². The Labute approximate surface area is 165 Å². The summed E-state index contributed by atoms with van der Waals surface area (Å²) in [5.41, 5.74) is 4.20. The van der Waals surface area contributed by atoms with Gasteiger partial charge in [0.2, 0.25) is 5.91 Å². The molecule has 0 atom stereocenters. The van der Waals surface area contributed by atoms with Crippen molar-refractivity contribution in [1.82, 2.24) is 5.32 Å². The molecule has 0 unspecified atom stereocenters. The summed E-state index contributed by atoms with van der Waals surface area (Å²) in [5.74, 6) is 1.12. The average molecular weight is 373 g/mol. The summed E-state index contributed by atoms with van der Waals surface area (Å²) in [6.07, 6.45) is 0. The summed E-state index contributed by atoms with van der Waals surface area (Å²) in [5, 5.41) is 3.11. The first-order chi connectivity index (χ1) is 13.6. The van der Waals surface area contributed by atoms with Crippen LogP contribution in [-0.2, 0) is 17.9 Å². The number of rotatable bonds is 5. The lowest BCUT2D eigenvalue weighted by Gasteiger charge is -2.27. The fourth-order valence-corrected chi connectivity index (χ4v) is 3.67. The molecule has 2 N–H and O–H groups in total. The van der Waals surface area contributed by atoms with Gasteiger partial charge in [-0.3, -0.25) is 4.79 Å². The molecule has 3 aromatic rings. The van der Waals surface area contributed by atoms with Crippen molar-refractivity contribution in [3.63, 3.8) is 0 Å². The number of para-hydroxylation sites is 2. The molecule has 0 bridgehead atoms. The molecule has 28 heavy (non-hydrogen) atoms. The smallest absolute Gasteiger partial charge is 0.232 e. The van der Waals surface area contributed by atoms with Crippen molar-refractivity contribution in [2.75, 3.05) is 14.1 Å². The van der Waals surface area contributed by atoms with Crippen LogP contribution in [0.1, 0.15) is 28.2 Å². The first-order valence-electron chi connectivity index (χ1n) is 9.62. The van der Waals surface area contributed by atoms with Crippen LogP contribution in [0.25, 0.3) is 0 Å². The van der Waals surface area contributed by atoms with E-state index in [1.165, 1.54) is 10.5 Å². The van der Waals surface area contributed by atoms with Crippen LogP contribution in [0.4, 0.5) is 0 Å². The monoisotopic (exact) mass is 373 g/mol. The Hall–Kier alpha value is -3.11. The van der Waals surface area contributed by atoms with Gasteiger partial charge in [0, 0.05) is 23.2 Å². The quantitative estimate of drug-likeness (QED) is 0.722. The van der Waals surface area contributed by atoms with Crippen molar-refractivity contribution in [3.05, 3.63) is 95.1 Å². The summed E-state index contributed by atoms with van der Waals surface area (Å²) in [6, 6.07) is 24.0. The van der Waals surface area contributed by atoms with Crippen molar-refractivity contribution in [3.8, 4) is 11.5 Å². The van der Waals surface area contributed by atoms with Crippen LogP contribution in [0.5, 0.6) is 11.5 Å². The van der Waals surface area contributed by atoms with Crippen LogP contribution in [0.15, 0.2) is 72.8 Å². The molecular formula is C24H25N2O2+. The zero-order chi connectivity index (χ0) is 19.5. The van der Waals surface area contributed by atoms with E-state index < -0.39 is 0 Å². The van der Waals surface area contributed by atoms with Crippen LogP contribution in [0.3, 0.4) is 0 Å². The van der Waals surface area contributed by atoms with E-state index in [0.29, 0.717) is 6.54 Å². The number of benzene rings is 3. The second-order valence-corrected chi connectivity index (χ2v) is 7.53. The van der Waals surface area contributed by atoms with Gasteiger partial charge in [-0.1, -0.05) is 60.7 Å². The molecule has 0 aliphatic carbocycles. The van der Waals surface area contributed by atoms with E-state index in [1.54, 1.807) is 0 Å². The van der Waals surface area contributed by atoms with Gasteiger partial charge in [0.05, 0.1) is 20.0 Å². The molecule has 0 spiro atoms. The van der Waals surface area contributed by atoms with E-state index in [4.69, 9.17) is 4.74 Å². The largest absolute Gasteiger partial charge is 0.457 e. The molecule has 0 aromatic heterocycles. The molecule has 0 fully saturated rings. The van der Waals surface area contributed by atoms with Crippen LogP contribution in [0.2, 0.25) is 0 Å². The van der Waals surface area contributed by atoms with Gasteiger partial charge in [0.25, 0.3) is 0 Å². The Morgan fingerprint density at radius 2 is 1.39 bits per heavy atom. The zero-order valence-electron chi connectivity index (χ0n) is 16.2. The lowest BCUT2D eigenvalue weighted by molar-refractivity contribution is -0.872. The predicted octanol–water partition coefficient (Wildman–Crippen LogP) is 2.89. The van der Waals surface area contributed by atoms with Crippen molar-refractivity contribution in [2.24, 2.45) is 0 Å². The van der Waals surface area contributed by atoms with Crippen LogP contribution < -0.4 is 15.0 Å². The second kappa shape index (κ2) is 7.87. The maximum Gasteiger partial charge on any atom is 0.232 e. The van der Waals surface area contributed by atoms with Gasteiger partial charge in [-0.15, -0.1) is 0 Å². The Morgan fingerprint density at radius 3 is 1.96 bits per heavy atom. The number of ether oxygens (including phenoxy) is 1. The lowest BCUT2D eigenvalue weighted by atomic mass is 9.87. The Morgan fingerprint density at radius 1 is 0.857 bits per heavy atom. The summed E-state index contributed by atoms with van der Waals surface area (Å²) in [6.45, 7) is 1.50. The zero-order valence-corrected chi connectivity index (χ0v) is 16.2. The highest BCUT2D eigenvalue weighted by Crippen LogP contribution is 2.43. The summed E-state index contributed by atoms with van der Waals surface area (Å²) < 4.78 is 5.98. The van der Waals surface area contributed by atoms with Crippen LogP contribution in [-0.4, -0.2) is 20.0 Å². The maximum atomic E-state index is 13.1. The van der Waals surface area contributed by atoms with Crippen LogP contribution in [0, 0.1) is 0 Å². The van der Waals surface area contributed by atoms with Crippen molar-refractivity contribution < 1.29 is 14.4 Å². The normalized spacial score (nSPS) is 12.8. The molecule has 0 saturated heterocycles. The van der Waals surface area contributed by atoms with Gasteiger partial charge in [-0.25, -0.2) is 0 Å². The molecule has 1 aliphatic rings. The van der Waals surface area contributed by atoms with E-state index in [2.05, 4.69) is 43.7 Å². The molecular weight excluding hydrogens is 348 g/mol. The first-order valence-corrected chi connectivity index (χ1v) is 9.62. The maximum absolute atomic E-state index is 13.1. The summed E-state index contributed by atoms with van der Waals surface area (Å²) >= 11 is 0. The van der Waals surface area contributed by atoms with E-state index >= 15 is 0 Å². The van der Waals surface area contributed by atoms with E-state index in [1.807, 2.05) is 48.5 Å². The molecule has 4 heteroatoms. The molecule has 1 heterocycles. The van der Waals surface area contributed by atoms with E-state index in [0.717, 1.165) is 34.7 Å². The molecule has 4 nitrogen and oxygen atoms in total. The fourth-order valence-electron chi connectivity index (χ4n) is 3.67. The van der Waals surface area contributed by atoms with Gasteiger partial charge < -0.3 is 15.0 Å². The molecule has 0 saturated carbocycles. The van der Waals surface area contributed by atoms with Gasteiger partial charge in [-0.2, -0.15) is 0 Å². The van der Waals surface area contributed by atoms with E-state index in [-0.39, 0.29) is 11.8 Å². The Bertz CT molecular complexity index is 934. The Balaban J connectivity index is 1.52. The number of carbonyl (C=O) groups is 1. The standard InChI is InChI=1S/C24H24N2O2/c1-26(2)16-18-13-11-17(12-14-18)15-25-24(27)23-19-7-3-5-9-21(19)28-22-10-6-4-8-20(22)23/h3-14,23H,15-16H2,1-2H3,(H,25,27)/p+1. The van der Waals surface area contributed by atoms with Gasteiger partial charge >= 0.3 is 0 Å². The molecule has 1 amide bonds. The van der Waals surface area contributed by atoms with Crippen molar-refractivity contribution >= 4 is 5.91 Å². The molecule has 4 rings (SSSR count). The molecule has 142 valence electrons. The number of fused-ring (bicyclic) bond motifs is 2. The topological polar surface area (TPSA) is 42.8 Å².